The number of halogens is 1. The van der Waals surface area contributed by atoms with E-state index in [9.17, 15) is 4.39 Å². The number of pyridine rings is 1. The van der Waals surface area contributed by atoms with Gasteiger partial charge in [-0.05, 0) is 48.6 Å². The number of nitrogens with one attached hydrogen (secondary N) is 3. The largest absolute Gasteiger partial charge is 0.383 e. The molecular formula is C21H24FN7O2S. The number of nitrogen functional groups attached to an aromatic ring is 1. The second-order valence-electron chi connectivity index (χ2n) is 8.01. The molecule has 6 N–H and O–H groups in total. The number of carbonyl (C=O) groups excluding carboxylic acids is 1. The number of aromatic nitrogens is 3. The number of rotatable bonds is 5. The Morgan fingerprint density at radius 3 is 2.72 bits per heavy atom. The summed E-state index contributed by atoms with van der Waals surface area (Å²) in [6.45, 7) is 0. The Balaban J connectivity index is 0.000000567. The van der Waals surface area contributed by atoms with Crippen LogP contribution in [0.5, 0.6) is 0 Å². The quantitative estimate of drug-likeness (QED) is 0.171. The van der Waals surface area contributed by atoms with Gasteiger partial charge in [-0.2, -0.15) is 0 Å². The van der Waals surface area contributed by atoms with Crippen LogP contribution in [0.3, 0.4) is 0 Å². The minimum absolute atomic E-state index is 0.0204. The Morgan fingerprint density at radius 2 is 2.06 bits per heavy atom. The Labute approximate surface area is 187 Å². The van der Waals surface area contributed by atoms with E-state index in [1.807, 2.05) is 11.4 Å². The number of carbonyl (C=O) groups is 1. The molecule has 3 aromatic heterocycles. The third-order valence-corrected chi connectivity index (χ3v) is 6.93. The summed E-state index contributed by atoms with van der Waals surface area (Å²) in [6.07, 6.45) is 7.61. The monoisotopic (exact) mass is 457 g/mol. The highest BCUT2D eigenvalue weighted by atomic mass is 32.1. The number of amides is 1. The van der Waals surface area contributed by atoms with Crippen LogP contribution in [0.2, 0.25) is 0 Å². The molecule has 32 heavy (non-hydrogen) atoms. The maximum atomic E-state index is 13.6. The fraction of sp³-hybridized carbons (Fsp3) is 0.381. The third kappa shape index (κ3) is 4.53. The Bertz CT molecular complexity index is 1130. The molecule has 0 aromatic carbocycles. The molecule has 3 aliphatic carbocycles. The predicted molar refractivity (Wildman–Crippen MR) is 120 cm³/mol. The van der Waals surface area contributed by atoms with Crippen molar-refractivity contribution in [3.05, 3.63) is 40.9 Å². The van der Waals surface area contributed by atoms with Crippen molar-refractivity contribution in [2.75, 3.05) is 11.1 Å². The molecule has 1 atom stereocenters. The number of hydrogen-bond acceptors (Lipinski definition) is 9. The lowest BCUT2D eigenvalue weighted by Gasteiger charge is -2.42. The van der Waals surface area contributed by atoms with Gasteiger partial charge in [0.2, 0.25) is 6.41 Å². The average Bonchev–Trinajstić information content (AvgIpc) is 3.30. The van der Waals surface area contributed by atoms with Crippen molar-refractivity contribution in [1.29, 1.82) is 5.41 Å². The summed E-state index contributed by atoms with van der Waals surface area (Å²) in [5, 5.41) is 22.4. The van der Waals surface area contributed by atoms with E-state index in [1.165, 1.54) is 55.0 Å². The van der Waals surface area contributed by atoms with E-state index in [0.29, 0.717) is 12.0 Å². The van der Waals surface area contributed by atoms with Crippen LogP contribution in [-0.2, 0) is 4.79 Å². The Hall–Kier alpha value is -3.18. The van der Waals surface area contributed by atoms with Crippen molar-refractivity contribution in [2.45, 2.75) is 38.1 Å². The Kier molecular flexibility index (Phi) is 6.56. The van der Waals surface area contributed by atoms with Crippen LogP contribution in [0.25, 0.3) is 10.2 Å². The standard InChI is InChI=1S/C20H21FN6S.CH3NO2/c21-12-8-14(17(23)24-9-12)16(22)19-26-18(13-5-6-28-20(13)27-19)25-15-7-10-1-3-11(15)4-2-10;3-1-2-4/h5-6,8-11,15,22H,1-4,7H2,(H2,23,24)(H,25,26,27);1,4H,(H,2,3). The smallest absolute Gasteiger partial charge is 0.230 e. The van der Waals surface area contributed by atoms with Gasteiger partial charge in [0.05, 0.1) is 11.6 Å². The normalized spacial score (nSPS) is 21.5. The SMILES string of the molecule is N=C(c1nc(NC2CC3CCC2CC3)c2ccsc2n1)c1cc(F)cnc1N.O=CNO. The van der Waals surface area contributed by atoms with Gasteiger partial charge in [0.25, 0.3) is 0 Å². The first-order chi connectivity index (χ1) is 15.5. The summed E-state index contributed by atoms with van der Waals surface area (Å²) < 4.78 is 13.6. The molecule has 3 aliphatic rings. The van der Waals surface area contributed by atoms with Crippen LogP contribution in [-0.4, -0.2) is 38.3 Å². The van der Waals surface area contributed by atoms with Crippen LogP contribution in [0.15, 0.2) is 23.7 Å². The summed E-state index contributed by atoms with van der Waals surface area (Å²) in [5.41, 5.74) is 7.30. The maximum Gasteiger partial charge on any atom is 0.230 e. The van der Waals surface area contributed by atoms with Gasteiger partial charge in [-0.3, -0.25) is 15.4 Å². The van der Waals surface area contributed by atoms with Gasteiger partial charge in [-0.15, -0.1) is 11.3 Å². The fourth-order valence-electron chi connectivity index (χ4n) is 4.58. The average molecular weight is 458 g/mol. The second kappa shape index (κ2) is 9.53. The molecule has 0 spiro atoms. The zero-order chi connectivity index (χ0) is 22.7. The van der Waals surface area contributed by atoms with Crippen molar-refractivity contribution in [3.63, 3.8) is 0 Å². The summed E-state index contributed by atoms with van der Waals surface area (Å²) in [4.78, 5) is 22.6. The van der Waals surface area contributed by atoms with Gasteiger partial charge < -0.3 is 11.1 Å². The van der Waals surface area contributed by atoms with Crippen molar-refractivity contribution < 1.29 is 14.4 Å². The van der Waals surface area contributed by atoms with Gasteiger partial charge in [0.1, 0.15) is 28.0 Å². The van der Waals surface area contributed by atoms with E-state index in [0.717, 1.165) is 28.1 Å². The van der Waals surface area contributed by atoms with Gasteiger partial charge in [0.15, 0.2) is 5.82 Å². The highest BCUT2D eigenvalue weighted by Crippen LogP contribution is 2.42. The predicted octanol–water partition coefficient (Wildman–Crippen LogP) is 3.34. The molecule has 3 saturated carbocycles. The lowest BCUT2D eigenvalue weighted by Crippen LogP contribution is -2.40. The lowest BCUT2D eigenvalue weighted by atomic mass is 9.68. The molecule has 6 rings (SSSR count). The third-order valence-electron chi connectivity index (χ3n) is 6.13. The fourth-order valence-corrected chi connectivity index (χ4v) is 5.34. The number of anilines is 2. The van der Waals surface area contributed by atoms with Crippen LogP contribution in [0.1, 0.15) is 43.5 Å². The molecule has 3 fully saturated rings. The summed E-state index contributed by atoms with van der Waals surface area (Å²) in [6, 6.07) is 3.63. The van der Waals surface area contributed by atoms with Crippen molar-refractivity contribution in [1.82, 2.24) is 20.4 Å². The topological polar surface area (TPSA) is 150 Å². The highest BCUT2D eigenvalue weighted by Gasteiger charge is 2.36. The number of fused-ring (bicyclic) bond motifs is 4. The van der Waals surface area contributed by atoms with E-state index < -0.39 is 5.82 Å². The molecule has 9 nitrogen and oxygen atoms in total. The van der Waals surface area contributed by atoms with E-state index in [2.05, 4.69) is 20.3 Å². The minimum atomic E-state index is -0.539. The number of hydroxylamine groups is 1. The van der Waals surface area contributed by atoms with E-state index in [4.69, 9.17) is 21.1 Å². The van der Waals surface area contributed by atoms with Crippen LogP contribution >= 0.6 is 11.3 Å². The molecule has 168 valence electrons. The summed E-state index contributed by atoms with van der Waals surface area (Å²) in [5.74, 6) is 2.03. The molecular weight excluding hydrogens is 433 g/mol. The summed E-state index contributed by atoms with van der Waals surface area (Å²) >= 11 is 1.50. The van der Waals surface area contributed by atoms with Crippen LogP contribution in [0, 0.1) is 23.1 Å². The second-order valence-corrected chi connectivity index (χ2v) is 8.91. The number of thiophene rings is 1. The highest BCUT2D eigenvalue weighted by molar-refractivity contribution is 7.16. The molecule has 2 bridgehead atoms. The zero-order valence-corrected chi connectivity index (χ0v) is 18.0. The molecule has 1 amide bonds. The van der Waals surface area contributed by atoms with Crippen molar-refractivity contribution >= 4 is 45.3 Å². The first-order valence-corrected chi connectivity index (χ1v) is 11.2. The molecule has 0 radical (unpaired) electrons. The van der Waals surface area contributed by atoms with Crippen molar-refractivity contribution in [3.8, 4) is 0 Å². The van der Waals surface area contributed by atoms with E-state index >= 15 is 0 Å². The molecule has 11 heteroatoms. The zero-order valence-electron chi connectivity index (χ0n) is 17.2. The number of nitrogens with two attached hydrogens (primary N) is 1. The minimum Gasteiger partial charge on any atom is -0.383 e. The molecule has 0 saturated heterocycles. The van der Waals surface area contributed by atoms with Crippen LogP contribution < -0.4 is 16.5 Å². The van der Waals surface area contributed by atoms with Gasteiger partial charge in [-0.25, -0.2) is 24.8 Å². The van der Waals surface area contributed by atoms with E-state index in [1.54, 1.807) is 0 Å². The first kappa shape index (κ1) is 22.0. The molecule has 3 heterocycles. The van der Waals surface area contributed by atoms with E-state index in [-0.39, 0.29) is 29.3 Å². The molecule has 3 aromatic rings. The summed E-state index contributed by atoms with van der Waals surface area (Å²) in [7, 11) is 0. The molecule has 0 aliphatic heterocycles. The van der Waals surface area contributed by atoms with Gasteiger partial charge in [-0.1, -0.05) is 12.8 Å². The van der Waals surface area contributed by atoms with Crippen LogP contribution in [0.4, 0.5) is 16.0 Å². The van der Waals surface area contributed by atoms with Crippen molar-refractivity contribution in [2.24, 2.45) is 11.8 Å². The molecule has 1 unspecified atom stereocenters. The maximum absolute atomic E-state index is 13.6. The van der Waals surface area contributed by atoms with Gasteiger partial charge in [0, 0.05) is 11.6 Å². The number of nitrogens with zero attached hydrogens (tertiary/aromatic N) is 3. The Morgan fingerprint density at radius 1 is 1.31 bits per heavy atom. The van der Waals surface area contributed by atoms with Gasteiger partial charge >= 0.3 is 0 Å². The number of hydrogen-bond donors (Lipinski definition) is 5. The lowest BCUT2D eigenvalue weighted by molar-refractivity contribution is -0.116. The first-order valence-electron chi connectivity index (χ1n) is 10.4.